The Morgan fingerprint density at radius 2 is 1.60 bits per heavy atom. The first-order valence-electron chi connectivity index (χ1n) is 9.79. The largest absolute Gasteiger partial charge is 0.508 e. The summed E-state index contributed by atoms with van der Waals surface area (Å²) in [5.41, 5.74) is 0.910. The minimum atomic E-state index is -0.531. The average Bonchev–Trinajstić information content (AvgIpc) is 2.68. The molecule has 0 aliphatic carbocycles. The van der Waals surface area contributed by atoms with Gasteiger partial charge in [-0.1, -0.05) is 0 Å². The number of rotatable bonds is 3. The van der Waals surface area contributed by atoms with E-state index in [0.29, 0.717) is 31.9 Å². The van der Waals surface area contributed by atoms with Crippen molar-refractivity contribution in [2.45, 2.75) is 26.4 Å². The van der Waals surface area contributed by atoms with Crippen molar-refractivity contribution in [1.29, 1.82) is 0 Å². The van der Waals surface area contributed by atoms with Crippen molar-refractivity contribution in [3.05, 3.63) is 48.0 Å². The molecule has 2 amide bonds. The summed E-state index contributed by atoms with van der Waals surface area (Å²) in [4.78, 5) is 28.3. The highest BCUT2D eigenvalue weighted by atomic mass is 16.6. The number of hydrogen-bond acceptors (Lipinski definition) is 6. The molecule has 1 aliphatic rings. The first kappa shape index (κ1) is 21.3. The molecule has 0 radical (unpaired) electrons. The predicted molar refractivity (Wildman–Crippen MR) is 114 cm³/mol. The summed E-state index contributed by atoms with van der Waals surface area (Å²) < 4.78 is 5.40. The van der Waals surface area contributed by atoms with Crippen molar-refractivity contribution >= 4 is 23.4 Å². The van der Waals surface area contributed by atoms with Crippen molar-refractivity contribution < 1.29 is 24.5 Å². The molecule has 0 unspecified atom stereocenters. The Labute approximate surface area is 175 Å². The van der Waals surface area contributed by atoms with E-state index in [0.717, 1.165) is 5.69 Å². The maximum Gasteiger partial charge on any atom is 0.410 e. The maximum absolute atomic E-state index is 12.4. The number of phenolic OH excluding ortho intramolecular Hbond substituents is 2. The Bertz CT molecular complexity index is 913. The van der Waals surface area contributed by atoms with Crippen molar-refractivity contribution in [3.8, 4) is 11.5 Å². The third-order valence-electron chi connectivity index (χ3n) is 4.65. The lowest BCUT2D eigenvalue weighted by molar-refractivity contribution is 0.0240. The summed E-state index contributed by atoms with van der Waals surface area (Å²) in [6.45, 7) is 7.73. The van der Waals surface area contributed by atoms with Gasteiger partial charge in [0.15, 0.2) is 0 Å². The highest BCUT2D eigenvalue weighted by Gasteiger charge is 2.26. The molecule has 1 saturated heterocycles. The summed E-state index contributed by atoms with van der Waals surface area (Å²) in [5, 5.41) is 22.4. The molecular weight excluding hydrogens is 386 g/mol. The van der Waals surface area contributed by atoms with E-state index in [1.165, 1.54) is 12.1 Å². The van der Waals surface area contributed by atoms with E-state index in [2.05, 4.69) is 5.32 Å². The molecule has 1 aliphatic heterocycles. The highest BCUT2D eigenvalue weighted by Crippen LogP contribution is 2.27. The van der Waals surface area contributed by atoms with Crippen LogP contribution in [0.2, 0.25) is 0 Å². The van der Waals surface area contributed by atoms with Gasteiger partial charge in [-0.2, -0.15) is 0 Å². The molecule has 0 bridgehead atoms. The SMILES string of the molecule is CC(C)(C)OC(=O)N1CCN(c2ccc(C(=O)Nc3ccc(O)cc3)c(O)c2)CC1. The topological polar surface area (TPSA) is 102 Å². The summed E-state index contributed by atoms with van der Waals surface area (Å²) in [7, 11) is 0. The number of nitrogens with zero attached hydrogens (tertiary/aromatic N) is 2. The van der Waals surface area contributed by atoms with Gasteiger partial charge in [0, 0.05) is 43.6 Å². The number of aromatic hydroxyl groups is 2. The van der Waals surface area contributed by atoms with Gasteiger partial charge in [0.1, 0.15) is 17.1 Å². The van der Waals surface area contributed by atoms with E-state index in [4.69, 9.17) is 4.74 Å². The number of nitrogens with one attached hydrogen (secondary N) is 1. The Kier molecular flexibility index (Phi) is 6.05. The fraction of sp³-hybridized carbons (Fsp3) is 0.364. The van der Waals surface area contributed by atoms with Gasteiger partial charge in [-0.3, -0.25) is 4.79 Å². The van der Waals surface area contributed by atoms with Crippen LogP contribution in [0.25, 0.3) is 0 Å². The van der Waals surface area contributed by atoms with Crippen LogP contribution < -0.4 is 10.2 Å². The standard InChI is InChI=1S/C22H27N3O5/c1-22(2,3)30-21(29)25-12-10-24(11-13-25)16-6-9-18(19(27)14-16)20(28)23-15-4-7-17(26)8-5-15/h4-9,14,26-27H,10-13H2,1-3H3,(H,23,28). The molecule has 30 heavy (non-hydrogen) atoms. The minimum absolute atomic E-state index is 0.104. The third-order valence-corrected chi connectivity index (χ3v) is 4.65. The van der Waals surface area contributed by atoms with E-state index in [9.17, 15) is 19.8 Å². The number of carbonyl (C=O) groups excluding carboxylic acids is 2. The molecule has 2 aromatic rings. The molecule has 160 valence electrons. The summed E-state index contributed by atoms with van der Waals surface area (Å²) >= 11 is 0. The van der Waals surface area contributed by atoms with Gasteiger partial charge in [0.05, 0.1) is 5.56 Å². The van der Waals surface area contributed by atoms with Crippen LogP contribution in [0.1, 0.15) is 31.1 Å². The maximum atomic E-state index is 12.4. The van der Waals surface area contributed by atoms with E-state index < -0.39 is 11.5 Å². The lowest BCUT2D eigenvalue weighted by Gasteiger charge is -2.36. The van der Waals surface area contributed by atoms with Gasteiger partial charge in [0.25, 0.3) is 5.91 Å². The molecule has 8 heteroatoms. The van der Waals surface area contributed by atoms with E-state index in [-0.39, 0.29) is 23.2 Å². The van der Waals surface area contributed by atoms with Gasteiger partial charge in [-0.05, 0) is 57.2 Å². The van der Waals surface area contributed by atoms with Crippen LogP contribution >= 0.6 is 0 Å². The molecule has 8 nitrogen and oxygen atoms in total. The molecule has 3 rings (SSSR count). The first-order valence-corrected chi connectivity index (χ1v) is 9.79. The second-order valence-corrected chi connectivity index (χ2v) is 8.16. The van der Waals surface area contributed by atoms with Crippen LogP contribution in [0.15, 0.2) is 42.5 Å². The summed E-state index contributed by atoms with van der Waals surface area (Å²) in [6.07, 6.45) is -0.328. The van der Waals surface area contributed by atoms with Gasteiger partial charge < -0.3 is 30.1 Å². The van der Waals surface area contributed by atoms with Crippen LogP contribution in [0.5, 0.6) is 11.5 Å². The zero-order valence-electron chi connectivity index (χ0n) is 17.4. The lowest BCUT2D eigenvalue weighted by atomic mass is 10.1. The van der Waals surface area contributed by atoms with E-state index in [1.807, 2.05) is 25.7 Å². The van der Waals surface area contributed by atoms with Crippen LogP contribution in [0.4, 0.5) is 16.2 Å². The van der Waals surface area contributed by atoms with E-state index in [1.54, 1.807) is 35.2 Å². The van der Waals surface area contributed by atoms with Crippen molar-refractivity contribution in [3.63, 3.8) is 0 Å². The number of piperazine rings is 1. The molecule has 0 saturated carbocycles. The monoisotopic (exact) mass is 413 g/mol. The number of carbonyl (C=O) groups is 2. The average molecular weight is 413 g/mol. The van der Waals surface area contributed by atoms with Crippen molar-refractivity contribution in [1.82, 2.24) is 4.90 Å². The van der Waals surface area contributed by atoms with Crippen molar-refractivity contribution in [2.75, 3.05) is 36.4 Å². The number of amides is 2. The fourth-order valence-electron chi connectivity index (χ4n) is 3.13. The van der Waals surface area contributed by atoms with Gasteiger partial charge in [-0.25, -0.2) is 4.79 Å². The molecule has 1 fully saturated rings. The lowest BCUT2D eigenvalue weighted by Crippen LogP contribution is -2.50. The molecule has 1 heterocycles. The molecular formula is C22H27N3O5. The van der Waals surface area contributed by atoms with Crippen LogP contribution in [-0.2, 0) is 4.74 Å². The predicted octanol–water partition coefficient (Wildman–Crippen LogP) is 3.41. The molecule has 0 aromatic heterocycles. The fourth-order valence-corrected chi connectivity index (χ4v) is 3.13. The Hall–Kier alpha value is -3.42. The Balaban J connectivity index is 1.61. The van der Waals surface area contributed by atoms with Gasteiger partial charge in [-0.15, -0.1) is 0 Å². The highest BCUT2D eigenvalue weighted by molar-refractivity contribution is 6.06. The van der Waals surface area contributed by atoms with Gasteiger partial charge in [0.2, 0.25) is 0 Å². The van der Waals surface area contributed by atoms with Crippen LogP contribution in [0.3, 0.4) is 0 Å². The number of ether oxygens (including phenoxy) is 1. The molecule has 3 N–H and O–H groups in total. The zero-order chi connectivity index (χ0) is 21.9. The Morgan fingerprint density at radius 1 is 0.967 bits per heavy atom. The second kappa shape index (κ2) is 8.52. The quantitative estimate of drug-likeness (QED) is 0.667. The minimum Gasteiger partial charge on any atom is -0.508 e. The smallest absolute Gasteiger partial charge is 0.410 e. The van der Waals surface area contributed by atoms with Crippen molar-refractivity contribution in [2.24, 2.45) is 0 Å². The van der Waals surface area contributed by atoms with Crippen LogP contribution in [-0.4, -0.2) is 58.9 Å². The zero-order valence-corrected chi connectivity index (χ0v) is 17.4. The summed E-state index contributed by atoms with van der Waals surface area (Å²) in [6, 6.07) is 11.0. The normalized spacial score (nSPS) is 14.4. The van der Waals surface area contributed by atoms with Crippen LogP contribution in [0, 0.1) is 0 Å². The first-order chi connectivity index (χ1) is 14.1. The summed E-state index contributed by atoms with van der Waals surface area (Å²) in [5.74, 6) is -0.468. The molecule has 0 spiro atoms. The number of phenols is 2. The molecule has 2 aromatic carbocycles. The second-order valence-electron chi connectivity index (χ2n) is 8.16. The van der Waals surface area contributed by atoms with Gasteiger partial charge >= 0.3 is 6.09 Å². The number of hydrogen-bond donors (Lipinski definition) is 3. The molecule has 0 atom stereocenters. The Morgan fingerprint density at radius 3 is 2.17 bits per heavy atom. The number of anilines is 2. The van der Waals surface area contributed by atoms with E-state index >= 15 is 0 Å². The third kappa shape index (κ3) is 5.34. The number of benzene rings is 2.